The Kier molecular flexibility index (Phi) is 3.75. The van der Waals surface area contributed by atoms with Gasteiger partial charge in [-0.1, -0.05) is 17.6 Å². The van der Waals surface area contributed by atoms with Crippen LogP contribution < -0.4 is 5.46 Å². The zero-order valence-corrected chi connectivity index (χ0v) is 10.9. The van der Waals surface area contributed by atoms with Gasteiger partial charge in [-0.05, 0) is 49.4 Å². The molecule has 0 fully saturated rings. The van der Waals surface area contributed by atoms with Gasteiger partial charge in [-0.15, -0.1) is 0 Å². The summed E-state index contributed by atoms with van der Waals surface area (Å²) in [5.74, 6) is 0. The number of hydrogen-bond donors (Lipinski definition) is 0. The third-order valence-electron chi connectivity index (χ3n) is 1.61. The third kappa shape index (κ3) is 3.82. The van der Waals surface area contributed by atoms with Gasteiger partial charge in [-0.3, -0.25) is 4.99 Å². The van der Waals surface area contributed by atoms with Crippen LogP contribution in [0.4, 0.5) is 0 Å². The van der Waals surface area contributed by atoms with Crippen molar-refractivity contribution in [3.05, 3.63) is 27.3 Å². The van der Waals surface area contributed by atoms with Crippen molar-refractivity contribution in [2.45, 2.75) is 26.3 Å². The van der Waals surface area contributed by atoms with Crippen molar-refractivity contribution in [1.29, 1.82) is 0 Å². The molecule has 0 saturated heterocycles. The standard InChI is InChI=1S/C11H13BIN/c1-11(2,3)14-7-8-6-9(12)4-5-10(8)13/h4-7H,1-3H3. The monoisotopic (exact) mass is 297 g/mol. The zero-order chi connectivity index (χ0) is 10.8. The van der Waals surface area contributed by atoms with Crippen LogP contribution in [0.2, 0.25) is 0 Å². The molecule has 0 saturated carbocycles. The molecule has 0 aromatic heterocycles. The fourth-order valence-corrected chi connectivity index (χ4v) is 1.40. The minimum absolute atomic E-state index is 0.0340. The van der Waals surface area contributed by atoms with Crippen molar-refractivity contribution < 1.29 is 0 Å². The lowest BCUT2D eigenvalue weighted by Gasteiger charge is -2.11. The Labute approximate surface area is 101 Å². The molecule has 0 aliphatic carbocycles. The second kappa shape index (κ2) is 4.47. The molecule has 1 rings (SSSR count). The van der Waals surface area contributed by atoms with Crippen LogP contribution >= 0.6 is 22.6 Å². The van der Waals surface area contributed by atoms with Gasteiger partial charge in [0.25, 0.3) is 0 Å². The van der Waals surface area contributed by atoms with Crippen molar-refractivity contribution in [2.75, 3.05) is 0 Å². The molecular formula is C11H13BIN. The van der Waals surface area contributed by atoms with Crippen molar-refractivity contribution in [3.63, 3.8) is 0 Å². The van der Waals surface area contributed by atoms with Crippen LogP contribution in [0.25, 0.3) is 0 Å². The van der Waals surface area contributed by atoms with E-state index in [2.05, 4.69) is 48.4 Å². The zero-order valence-electron chi connectivity index (χ0n) is 8.71. The van der Waals surface area contributed by atoms with E-state index in [1.54, 1.807) is 0 Å². The van der Waals surface area contributed by atoms with Crippen LogP contribution in [0.5, 0.6) is 0 Å². The predicted molar refractivity (Wildman–Crippen MR) is 71.9 cm³/mol. The van der Waals surface area contributed by atoms with E-state index in [4.69, 9.17) is 7.85 Å². The smallest absolute Gasteiger partial charge is 0.113 e. The molecule has 0 amide bonds. The first-order valence-electron chi connectivity index (χ1n) is 4.49. The molecule has 0 N–H and O–H groups in total. The summed E-state index contributed by atoms with van der Waals surface area (Å²) in [6.45, 7) is 6.22. The van der Waals surface area contributed by atoms with Crippen LogP contribution in [-0.4, -0.2) is 19.6 Å². The highest BCUT2D eigenvalue weighted by molar-refractivity contribution is 14.1. The fraction of sp³-hybridized carbons (Fsp3) is 0.364. The van der Waals surface area contributed by atoms with E-state index in [9.17, 15) is 0 Å². The van der Waals surface area contributed by atoms with Crippen molar-refractivity contribution in [1.82, 2.24) is 0 Å². The summed E-state index contributed by atoms with van der Waals surface area (Å²) in [6, 6.07) is 5.84. The second-order valence-corrected chi connectivity index (χ2v) is 5.37. The lowest BCUT2D eigenvalue weighted by atomic mass is 9.95. The van der Waals surface area contributed by atoms with Gasteiger partial charge in [0.2, 0.25) is 0 Å². The van der Waals surface area contributed by atoms with E-state index in [1.165, 1.54) is 3.57 Å². The Hall–Kier alpha value is -0.315. The highest BCUT2D eigenvalue weighted by Crippen LogP contribution is 2.10. The van der Waals surface area contributed by atoms with Crippen LogP contribution in [-0.2, 0) is 0 Å². The van der Waals surface area contributed by atoms with Gasteiger partial charge < -0.3 is 0 Å². The molecule has 2 radical (unpaired) electrons. The quantitative estimate of drug-likeness (QED) is 0.428. The third-order valence-corrected chi connectivity index (χ3v) is 2.59. The number of nitrogens with zero attached hydrogens (tertiary/aromatic N) is 1. The molecule has 0 unspecified atom stereocenters. The summed E-state index contributed by atoms with van der Waals surface area (Å²) in [7, 11) is 5.70. The summed E-state index contributed by atoms with van der Waals surface area (Å²) < 4.78 is 1.17. The lowest BCUT2D eigenvalue weighted by molar-refractivity contribution is 0.586. The topological polar surface area (TPSA) is 12.4 Å². The maximum Gasteiger partial charge on any atom is 0.113 e. The summed E-state index contributed by atoms with van der Waals surface area (Å²) in [4.78, 5) is 4.44. The highest BCUT2D eigenvalue weighted by atomic mass is 127. The highest BCUT2D eigenvalue weighted by Gasteiger charge is 2.05. The molecule has 3 heteroatoms. The number of hydrogen-bond acceptors (Lipinski definition) is 1. The van der Waals surface area contributed by atoms with E-state index in [-0.39, 0.29) is 5.54 Å². The largest absolute Gasteiger partial charge is 0.287 e. The normalized spacial score (nSPS) is 12.3. The molecule has 1 aromatic rings. The Bertz CT molecular complexity index is 353. The molecule has 0 spiro atoms. The molecule has 0 bridgehead atoms. The van der Waals surface area contributed by atoms with Crippen molar-refractivity contribution >= 4 is 42.1 Å². The van der Waals surface area contributed by atoms with E-state index in [0.717, 1.165) is 11.0 Å². The van der Waals surface area contributed by atoms with Gasteiger partial charge >= 0.3 is 0 Å². The van der Waals surface area contributed by atoms with E-state index in [0.29, 0.717) is 0 Å². The van der Waals surface area contributed by atoms with E-state index < -0.39 is 0 Å². The average Bonchev–Trinajstić information content (AvgIpc) is 2.05. The van der Waals surface area contributed by atoms with E-state index >= 15 is 0 Å². The lowest BCUT2D eigenvalue weighted by Crippen LogP contribution is -2.11. The maximum atomic E-state index is 5.70. The average molecular weight is 297 g/mol. The van der Waals surface area contributed by atoms with Gasteiger partial charge in [-0.2, -0.15) is 0 Å². The predicted octanol–water partition coefficient (Wildman–Crippen LogP) is 2.30. The number of rotatable bonds is 1. The fourth-order valence-electron chi connectivity index (χ4n) is 0.924. The Morgan fingerprint density at radius 1 is 1.36 bits per heavy atom. The number of aliphatic imine (C=N–C) groups is 1. The van der Waals surface area contributed by atoms with Crippen LogP contribution in [0.1, 0.15) is 26.3 Å². The van der Waals surface area contributed by atoms with Crippen LogP contribution in [0.15, 0.2) is 23.2 Å². The minimum Gasteiger partial charge on any atom is -0.287 e. The Morgan fingerprint density at radius 3 is 2.57 bits per heavy atom. The van der Waals surface area contributed by atoms with Crippen LogP contribution in [0, 0.1) is 3.57 Å². The Balaban J connectivity index is 2.97. The van der Waals surface area contributed by atoms with Crippen molar-refractivity contribution in [2.24, 2.45) is 4.99 Å². The maximum absolute atomic E-state index is 5.70. The summed E-state index contributed by atoms with van der Waals surface area (Å²) in [6.07, 6.45) is 1.89. The Morgan fingerprint density at radius 2 is 2.00 bits per heavy atom. The molecule has 0 heterocycles. The number of benzene rings is 1. The van der Waals surface area contributed by atoms with Gasteiger partial charge in [0.15, 0.2) is 0 Å². The van der Waals surface area contributed by atoms with Crippen LogP contribution in [0.3, 0.4) is 0 Å². The van der Waals surface area contributed by atoms with Gasteiger partial charge in [-0.25, -0.2) is 0 Å². The van der Waals surface area contributed by atoms with Crippen molar-refractivity contribution in [3.8, 4) is 0 Å². The molecule has 1 aromatic carbocycles. The molecule has 0 aliphatic heterocycles. The molecule has 14 heavy (non-hydrogen) atoms. The first-order valence-corrected chi connectivity index (χ1v) is 5.56. The minimum atomic E-state index is -0.0340. The molecular weight excluding hydrogens is 284 g/mol. The first-order chi connectivity index (χ1) is 6.38. The SMILES string of the molecule is [B]c1ccc(I)c(C=NC(C)(C)C)c1. The first kappa shape index (κ1) is 11.8. The van der Waals surface area contributed by atoms with Gasteiger partial charge in [0.1, 0.15) is 7.85 Å². The summed E-state index contributed by atoms with van der Waals surface area (Å²) >= 11 is 2.28. The molecule has 1 nitrogen and oxygen atoms in total. The second-order valence-electron chi connectivity index (χ2n) is 4.21. The molecule has 72 valence electrons. The number of halogens is 1. The summed E-state index contributed by atoms with van der Waals surface area (Å²) in [5, 5.41) is 0. The summed E-state index contributed by atoms with van der Waals surface area (Å²) in [5.41, 5.74) is 1.83. The molecule has 0 atom stereocenters. The van der Waals surface area contributed by atoms with Gasteiger partial charge in [0, 0.05) is 15.3 Å². The van der Waals surface area contributed by atoms with Gasteiger partial charge in [0.05, 0.1) is 5.54 Å². The van der Waals surface area contributed by atoms with E-state index in [1.807, 2.05) is 24.4 Å². The molecule has 0 aliphatic rings.